The van der Waals surface area contributed by atoms with Crippen LogP contribution in [0.3, 0.4) is 0 Å². The van der Waals surface area contributed by atoms with Crippen molar-refractivity contribution in [3.8, 4) is 0 Å². The highest BCUT2D eigenvalue weighted by Gasteiger charge is 2.25. The molecule has 1 aliphatic rings. The van der Waals surface area contributed by atoms with Crippen LogP contribution in [0.5, 0.6) is 0 Å². The van der Waals surface area contributed by atoms with Gasteiger partial charge in [0.1, 0.15) is 0 Å². The van der Waals surface area contributed by atoms with Gasteiger partial charge in [0.15, 0.2) is 0 Å². The SMILES string of the molecule is C/C(C[C@@H](c1ccccc1)N1CCc2ccccc2C1)=N\O. The van der Waals surface area contributed by atoms with Crippen LogP contribution < -0.4 is 0 Å². The molecule has 0 aliphatic carbocycles. The number of oxime groups is 1. The first kappa shape index (κ1) is 14.8. The first-order valence-electron chi connectivity index (χ1n) is 7.81. The van der Waals surface area contributed by atoms with Gasteiger partial charge in [-0.1, -0.05) is 59.8 Å². The molecule has 2 aromatic carbocycles. The highest BCUT2D eigenvalue weighted by Crippen LogP contribution is 2.30. The average molecular weight is 294 g/mol. The minimum absolute atomic E-state index is 0.255. The zero-order valence-electron chi connectivity index (χ0n) is 12.9. The third-order valence-corrected chi connectivity index (χ3v) is 4.44. The Morgan fingerprint density at radius 2 is 1.77 bits per heavy atom. The molecule has 0 spiro atoms. The van der Waals surface area contributed by atoms with Crippen molar-refractivity contribution in [1.29, 1.82) is 0 Å². The summed E-state index contributed by atoms with van der Waals surface area (Å²) in [4.78, 5) is 2.49. The van der Waals surface area contributed by atoms with Crippen LogP contribution in [-0.2, 0) is 13.0 Å². The Kier molecular flexibility index (Phi) is 4.54. The van der Waals surface area contributed by atoms with Gasteiger partial charge in [0, 0.05) is 25.6 Å². The lowest BCUT2D eigenvalue weighted by Gasteiger charge is -2.36. The summed E-state index contributed by atoms with van der Waals surface area (Å²) in [5.41, 5.74) is 4.92. The number of benzene rings is 2. The molecule has 0 amide bonds. The van der Waals surface area contributed by atoms with Gasteiger partial charge in [-0.2, -0.15) is 0 Å². The maximum Gasteiger partial charge on any atom is 0.0559 e. The fourth-order valence-electron chi connectivity index (χ4n) is 3.24. The fraction of sp³-hybridized carbons (Fsp3) is 0.316. The second-order valence-electron chi connectivity index (χ2n) is 5.96. The van der Waals surface area contributed by atoms with Gasteiger partial charge in [0.25, 0.3) is 0 Å². The highest BCUT2D eigenvalue weighted by atomic mass is 16.4. The van der Waals surface area contributed by atoms with Crippen molar-refractivity contribution in [1.82, 2.24) is 4.90 Å². The van der Waals surface area contributed by atoms with E-state index >= 15 is 0 Å². The van der Waals surface area contributed by atoms with Gasteiger partial charge in [-0.25, -0.2) is 0 Å². The van der Waals surface area contributed by atoms with Crippen LogP contribution in [0.15, 0.2) is 59.8 Å². The van der Waals surface area contributed by atoms with E-state index in [0.29, 0.717) is 0 Å². The summed E-state index contributed by atoms with van der Waals surface area (Å²) >= 11 is 0. The van der Waals surface area contributed by atoms with Crippen molar-refractivity contribution in [2.75, 3.05) is 6.54 Å². The molecule has 1 atom stereocenters. The van der Waals surface area contributed by atoms with Crippen molar-refractivity contribution in [2.24, 2.45) is 5.16 Å². The van der Waals surface area contributed by atoms with E-state index in [1.54, 1.807) is 0 Å². The molecular formula is C19H22N2O. The van der Waals surface area contributed by atoms with Crippen LogP contribution in [-0.4, -0.2) is 22.4 Å². The number of rotatable bonds is 4. The van der Waals surface area contributed by atoms with Gasteiger partial charge in [0.2, 0.25) is 0 Å². The van der Waals surface area contributed by atoms with Crippen LogP contribution in [0.25, 0.3) is 0 Å². The monoisotopic (exact) mass is 294 g/mol. The molecule has 22 heavy (non-hydrogen) atoms. The molecule has 0 fully saturated rings. The smallest absolute Gasteiger partial charge is 0.0559 e. The van der Waals surface area contributed by atoms with Gasteiger partial charge in [-0.3, -0.25) is 4.90 Å². The molecule has 1 heterocycles. The van der Waals surface area contributed by atoms with E-state index in [-0.39, 0.29) is 6.04 Å². The highest BCUT2D eigenvalue weighted by molar-refractivity contribution is 5.82. The molecule has 3 heteroatoms. The molecule has 114 valence electrons. The van der Waals surface area contributed by atoms with Gasteiger partial charge in [0.05, 0.1) is 5.71 Å². The third-order valence-electron chi connectivity index (χ3n) is 4.44. The molecule has 3 rings (SSSR count). The minimum Gasteiger partial charge on any atom is -0.411 e. The second-order valence-corrected chi connectivity index (χ2v) is 5.96. The summed E-state index contributed by atoms with van der Waals surface area (Å²) in [6.45, 7) is 3.87. The Balaban J connectivity index is 1.87. The van der Waals surface area contributed by atoms with Gasteiger partial charge in [-0.05, 0) is 30.0 Å². The second kappa shape index (κ2) is 6.75. The molecule has 2 aromatic rings. The van der Waals surface area contributed by atoms with E-state index in [1.807, 2.05) is 13.0 Å². The van der Waals surface area contributed by atoms with E-state index in [9.17, 15) is 0 Å². The number of hydrogen-bond donors (Lipinski definition) is 1. The lowest BCUT2D eigenvalue weighted by molar-refractivity contribution is 0.182. The largest absolute Gasteiger partial charge is 0.411 e. The Morgan fingerprint density at radius 3 is 2.50 bits per heavy atom. The summed E-state index contributed by atoms with van der Waals surface area (Å²) in [6.07, 6.45) is 1.83. The summed E-state index contributed by atoms with van der Waals surface area (Å²) in [5.74, 6) is 0. The van der Waals surface area contributed by atoms with Crippen molar-refractivity contribution >= 4 is 5.71 Å². The standard InChI is InChI=1S/C19H22N2O/c1-15(20-22)13-19(17-8-3-2-4-9-17)21-12-11-16-7-5-6-10-18(16)14-21/h2-10,19,22H,11-14H2,1H3/b20-15+/t19-/m0/s1. The van der Waals surface area contributed by atoms with Crippen molar-refractivity contribution in [3.05, 3.63) is 71.3 Å². The molecule has 0 saturated heterocycles. The predicted octanol–water partition coefficient (Wildman–Crippen LogP) is 4.03. The van der Waals surface area contributed by atoms with Crippen LogP contribution in [0.4, 0.5) is 0 Å². The van der Waals surface area contributed by atoms with Crippen LogP contribution in [0, 0.1) is 0 Å². The molecule has 0 unspecified atom stereocenters. The third kappa shape index (κ3) is 3.20. The quantitative estimate of drug-likeness (QED) is 0.525. The van der Waals surface area contributed by atoms with Crippen molar-refractivity contribution < 1.29 is 5.21 Å². The fourth-order valence-corrected chi connectivity index (χ4v) is 3.24. The Hall–Kier alpha value is -2.13. The Labute approximate surface area is 131 Å². The first-order chi connectivity index (χ1) is 10.8. The van der Waals surface area contributed by atoms with E-state index < -0.39 is 0 Å². The van der Waals surface area contributed by atoms with E-state index in [2.05, 4.69) is 58.6 Å². The maximum atomic E-state index is 9.06. The Morgan fingerprint density at radius 1 is 1.09 bits per heavy atom. The average Bonchev–Trinajstić information content (AvgIpc) is 2.59. The molecule has 0 bridgehead atoms. The number of hydrogen-bond acceptors (Lipinski definition) is 3. The van der Waals surface area contributed by atoms with Crippen molar-refractivity contribution in [3.63, 3.8) is 0 Å². The van der Waals surface area contributed by atoms with Crippen LogP contribution >= 0.6 is 0 Å². The molecular weight excluding hydrogens is 272 g/mol. The van der Waals surface area contributed by atoms with Crippen LogP contribution in [0.2, 0.25) is 0 Å². The van der Waals surface area contributed by atoms with Crippen molar-refractivity contribution in [2.45, 2.75) is 32.4 Å². The topological polar surface area (TPSA) is 35.8 Å². The molecule has 0 aromatic heterocycles. The number of nitrogens with zero attached hydrogens (tertiary/aromatic N) is 2. The molecule has 3 nitrogen and oxygen atoms in total. The maximum absolute atomic E-state index is 9.06. The normalized spacial score (nSPS) is 17.0. The lowest BCUT2D eigenvalue weighted by atomic mass is 9.94. The summed E-state index contributed by atoms with van der Waals surface area (Å²) < 4.78 is 0. The summed E-state index contributed by atoms with van der Waals surface area (Å²) in [7, 11) is 0. The number of fused-ring (bicyclic) bond motifs is 1. The lowest BCUT2D eigenvalue weighted by Crippen LogP contribution is -2.35. The Bertz CT molecular complexity index is 651. The summed E-state index contributed by atoms with van der Waals surface area (Å²) in [5, 5.41) is 12.4. The summed E-state index contributed by atoms with van der Waals surface area (Å²) in [6, 6.07) is 19.4. The van der Waals surface area contributed by atoms with Gasteiger partial charge >= 0.3 is 0 Å². The molecule has 0 radical (unpaired) electrons. The zero-order chi connectivity index (χ0) is 15.4. The van der Waals surface area contributed by atoms with Gasteiger partial charge < -0.3 is 5.21 Å². The molecule has 1 aliphatic heterocycles. The minimum atomic E-state index is 0.255. The first-order valence-corrected chi connectivity index (χ1v) is 7.81. The van der Waals surface area contributed by atoms with E-state index in [1.165, 1.54) is 16.7 Å². The van der Waals surface area contributed by atoms with E-state index in [0.717, 1.165) is 31.6 Å². The van der Waals surface area contributed by atoms with Crippen LogP contribution in [0.1, 0.15) is 36.1 Å². The molecule has 0 saturated carbocycles. The van der Waals surface area contributed by atoms with Gasteiger partial charge in [-0.15, -0.1) is 0 Å². The van der Waals surface area contributed by atoms with E-state index in [4.69, 9.17) is 5.21 Å². The predicted molar refractivity (Wildman–Crippen MR) is 89.3 cm³/mol. The zero-order valence-corrected chi connectivity index (χ0v) is 12.9. The molecule has 1 N–H and O–H groups in total.